The van der Waals surface area contributed by atoms with Crippen molar-refractivity contribution in [2.24, 2.45) is 0 Å². The van der Waals surface area contributed by atoms with E-state index < -0.39 is 0 Å². The number of aromatic nitrogens is 2. The SMILES string of the molecule is CCOc1cccc(-c2cc(C(C)=O)c(=O)n(CC)n2)c1. The van der Waals surface area contributed by atoms with E-state index in [0.717, 1.165) is 11.3 Å². The molecule has 5 heteroatoms. The number of ether oxygens (including phenoxy) is 1. The van der Waals surface area contributed by atoms with Crippen LogP contribution in [0.25, 0.3) is 11.3 Å². The highest BCUT2D eigenvalue weighted by Crippen LogP contribution is 2.22. The Hall–Kier alpha value is -2.43. The Bertz CT molecular complexity index is 720. The second-order valence-electron chi connectivity index (χ2n) is 4.58. The van der Waals surface area contributed by atoms with Crippen molar-refractivity contribution in [1.82, 2.24) is 9.78 Å². The van der Waals surface area contributed by atoms with Crippen molar-refractivity contribution >= 4 is 5.78 Å². The summed E-state index contributed by atoms with van der Waals surface area (Å²) in [6.45, 7) is 6.11. The lowest BCUT2D eigenvalue weighted by Crippen LogP contribution is -2.27. The monoisotopic (exact) mass is 286 g/mol. The molecule has 0 atom stereocenters. The van der Waals surface area contributed by atoms with E-state index in [1.54, 1.807) is 6.07 Å². The number of hydrogen-bond donors (Lipinski definition) is 0. The zero-order valence-electron chi connectivity index (χ0n) is 12.4. The summed E-state index contributed by atoms with van der Waals surface area (Å²) in [6.07, 6.45) is 0. The fourth-order valence-electron chi connectivity index (χ4n) is 2.06. The minimum Gasteiger partial charge on any atom is -0.494 e. The van der Waals surface area contributed by atoms with Crippen molar-refractivity contribution in [3.63, 3.8) is 0 Å². The lowest BCUT2D eigenvalue weighted by Gasteiger charge is -2.09. The van der Waals surface area contributed by atoms with Crippen molar-refractivity contribution in [2.75, 3.05) is 6.61 Å². The molecule has 1 aromatic carbocycles. The number of carbonyl (C=O) groups is 1. The number of hydrogen-bond acceptors (Lipinski definition) is 4. The van der Waals surface area contributed by atoms with Gasteiger partial charge in [0.15, 0.2) is 5.78 Å². The molecule has 0 aliphatic heterocycles. The van der Waals surface area contributed by atoms with Crippen LogP contribution in [0.1, 0.15) is 31.1 Å². The third-order valence-electron chi connectivity index (χ3n) is 3.09. The van der Waals surface area contributed by atoms with Gasteiger partial charge in [0, 0.05) is 12.1 Å². The summed E-state index contributed by atoms with van der Waals surface area (Å²) in [4.78, 5) is 23.7. The van der Waals surface area contributed by atoms with Crippen LogP contribution in [0.15, 0.2) is 35.1 Å². The number of benzene rings is 1. The van der Waals surface area contributed by atoms with E-state index in [1.807, 2.05) is 38.1 Å². The van der Waals surface area contributed by atoms with Gasteiger partial charge in [-0.25, -0.2) is 4.68 Å². The number of ketones is 1. The van der Waals surface area contributed by atoms with Gasteiger partial charge >= 0.3 is 0 Å². The van der Waals surface area contributed by atoms with E-state index in [0.29, 0.717) is 18.8 Å². The first kappa shape index (κ1) is 15.0. The van der Waals surface area contributed by atoms with E-state index in [-0.39, 0.29) is 16.9 Å². The maximum atomic E-state index is 12.0. The van der Waals surface area contributed by atoms with Crippen LogP contribution in [0.4, 0.5) is 0 Å². The van der Waals surface area contributed by atoms with Gasteiger partial charge in [-0.2, -0.15) is 5.10 Å². The van der Waals surface area contributed by atoms with Crippen LogP contribution in [-0.4, -0.2) is 22.2 Å². The molecule has 0 saturated carbocycles. The third kappa shape index (κ3) is 3.18. The Labute approximate surface area is 123 Å². The summed E-state index contributed by atoms with van der Waals surface area (Å²) in [7, 11) is 0. The Morgan fingerprint density at radius 2 is 2.05 bits per heavy atom. The predicted octanol–water partition coefficient (Wildman–Crippen LogP) is 2.53. The molecule has 0 bridgehead atoms. The number of rotatable bonds is 5. The summed E-state index contributed by atoms with van der Waals surface area (Å²) < 4.78 is 6.77. The van der Waals surface area contributed by atoms with Crippen molar-refractivity contribution in [3.05, 3.63) is 46.2 Å². The fraction of sp³-hybridized carbons (Fsp3) is 0.312. The van der Waals surface area contributed by atoms with Crippen LogP contribution in [0.3, 0.4) is 0 Å². The largest absolute Gasteiger partial charge is 0.494 e. The zero-order valence-corrected chi connectivity index (χ0v) is 12.4. The van der Waals surface area contributed by atoms with Gasteiger partial charge in [-0.15, -0.1) is 0 Å². The predicted molar refractivity (Wildman–Crippen MR) is 80.8 cm³/mol. The van der Waals surface area contributed by atoms with Crippen molar-refractivity contribution in [1.29, 1.82) is 0 Å². The maximum Gasteiger partial charge on any atom is 0.277 e. The van der Waals surface area contributed by atoms with Crippen LogP contribution in [-0.2, 0) is 6.54 Å². The standard InChI is InChI=1S/C16H18N2O3/c1-4-18-16(20)14(11(3)19)10-15(17-18)12-7-6-8-13(9-12)21-5-2/h6-10H,4-5H2,1-3H3. The molecule has 0 aliphatic carbocycles. The molecule has 0 fully saturated rings. The molecule has 0 aliphatic rings. The molecule has 0 N–H and O–H groups in total. The molecule has 21 heavy (non-hydrogen) atoms. The van der Waals surface area contributed by atoms with E-state index in [1.165, 1.54) is 11.6 Å². The van der Waals surface area contributed by atoms with Crippen LogP contribution < -0.4 is 10.3 Å². The van der Waals surface area contributed by atoms with Gasteiger partial charge in [0.25, 0.3) is 5.56 Å². The molecule has 1 heterocycles. The van der Waals surface area contributed by atoms with Gasteiger partial charge in [-0.3, -0.25) is 9.59 Å². The highest BCUT2D eigenvalue weighted by atomic mass is 16.5. The van der Waals surface area contributed by atoms with Gasteiger partial charge in [-0.1, -0.05) is 12.1 Å². The first-order valence-corrected chi connectivity index (χ1v) is 6.93. The fourth-order valence-corrected chi connectivity index (χ4v) is 2.06. The van der Waals surface area contributed by atoms with Crippen molar-refractivity contribution in [3.8, 4) is 17.0 Å². The smallest absolute Gasteiger partial charge is 0.277 e. The average molecular weight is 286 g/mol. The van der Waals surface area contributed by atoms with Gasteiger partial charge in [0.05, 0.1) is 17.9 Å². The maximum absolute atomic E-state index is 12.0. The van der Waals surface area contributed by atoms with E-state index in [4.69, 9.17) is 4.74 Å². The molecule has 0 saturated heterocycles. The van der Waals surface area contributed by atoms with Crippen LogP contribution in [0.2, 0.25) is 0 Å². The Kier molecular flexibility index (Phi) is 4.52. The Balaban J connectivity index is 2.58. The van der Waals surface area contributed by atoms with Crippen LogP contribution in [0, 0.1) is 0 Å². The highest BCUT2D eigenvalue weighted by Gasteiger charge is 2.12. The molecule has 2 aromatic rings. The van der Waals surface area contributed by atoms with E-state index >= 15 is 0 Å². The number of Topliss-reactive ketones (excluding diaryl/α,β-unsaturated/α-hetero) is 1. The molecule has 0 unspecified atom stereocenters. The molecular formula is C16H18N2O3. The minimum absolute atomic E-state index is 0.156. The number of nitrogens with zero attached hydrogens (tertiary/aromatic N) is 2. The topological polar surface area (TPSA) is 61.2 Å². The van der Waals surface area contributed by atoms with Crippen molar-refractivity contribution in [2.45, 2.75) is 27.3 Å². The molecule has 0 spiro atoms. The molecule has 2 rings (SSSR count). The Morgan fingerprint density at radius 1 is 1.29 bits per heavy atom. The van der Waals surface area contributed by atoms with Gasteiger partial charge in [0.2, 0.25) is 0 Å². The molecular weight excluding hydrogens is 268 g/mol. The summed E-state index contributed by atoms with van der Waals surface area (Å²) in [6, 6.07) is 8.98. The molecule has 110 valence electrons. The molecule has 1 aromatic heterocycles. The quantitative estimate of drug-likeness (QED) is 0.792. The highest BCUT2D eigenvalue weighted by molar-refractivity contribution is 5.94. The average Bonchev–Trinajstić information content (AvgIpc) is 2.48. The number of carbonyl (C=O) groups excluding carboxylic acids is 1. The van der Waals surface area contributed by atoms with Gasteiger partial charge in [0.1, 0.15) is 5.75 Å². The molecule has 0 amide bonds. The second kappa shape index (κ2) is 6.35. The lowest BCUT2D eigenvalue weighted by atomic mass is 10.1. The van der Waals surface area contributed by atoms with Gasteiger partial charge < -0.3 is 4.74 Å². The summed E-state index contributed by atoms with van der Waals surface area (Å²) in [5.41, 5.74) is 1.20. The van der Waals surface area contributed by atoms with Gasteiger partial charge in [-0.05, 0) is 39.0 Å². The Morgan fingerprint density at radius 3 is 2.67 bits per heavy atom. The van der Waals surface area contributed by atoms with E-state index in [9.17, 15) is 9.59 Å². The summed E-state index contributed by atoms with van der Waals surface area (Å²) in [5.74, 6) is 0.474. The normalized spacial score (nSPS) is 10.4. The lowest BCUT2D eigenvalue weighted by molar-refractivity contribution is 0.101. The molecule has 0 radical (unpaired) electrons. The summed E-state index contributed by atoms with van der Waals surface area (Å²) in [5, 5.41) is 4.30. The first-order valence-electron chi connectivity index (χ1n) is 6.93. The number of aryl methyl sites for hydroxylation is 1. The van der Waals surface area contributed by atoms with Crippen molar-refractivity contribution < 1.29 is 9.53 Å². The first-order chi connectivity index (χ1) is 10.1. The minimum atomic E-state index is -0.352. The van der Waals surface area contributed by atoms with E-state index in [2.05, 4.69) is 5.10 Å². The zero-order chi connectivity index (χ0) is 15.4. The van der Waals surface area contributed by atoms with Crippen LogP contribution >= 0.6 is 0 Å². The summed E-state index contributed by atoms with van der Waals surface area (Å²) >= 11 is 0. The third-order valence-corrected chi connectivity index (χ3v) is 3.09. The molecule has 5 nitrogen and oxygen atoms in total. The van der Waals surface area contributed by atoms with Crippen LogP contribution in [0.5, 0.6) is 5.75 Å². The second-order valence-corrected chi connectivity index (χ2v) is 4.58.